The molecule has 0 aliphatic heterocycles. The zero-order chi connectivity index (χ0) is 13.8. The maximum absolute atomic E-state index is 9.91. The van der Waals surface area contributed by atoms with E-state index in [0.717, 1.165) is 6.54 Å². The molecule has 1 aliphatic rings. The van der Waals surface area contributed by atoms with Crippen LogP contribution in [0.2, 0.25) is 0 Å². The minimum absolute atomic E-state index is 0.392. The fourth-order valence-corrected chi connectivity index (χ4v) is 2.43. The summed E-state index contributed by atoms with van der Waals surface area (Å²) >= 11 is 0. The van der Waals surface area contributed by atoms with E-state index in [-0.39, 0.29) is 0 Å². The molecule has 1 atom stereocenters. The summed E-state index contributed by atoms with van der Waals surface area (Å²) in [6, 6.07) is 7.28. The van der Waals surface area contributed by atoms with Gasteiger partial charge in [0.2, 0.25) is 0 Å². The average molecular weight is 263 g/mol. The lowest BCUT2D eigenvalue weighted by Gasteiger charge is -2.25. The van der Waals surface area contributed by atoms with E-state index < -0.39 is 6.10 Å². The van der Waals surface area contributed by atoms with Gasteiger partial charge in [-0.25, -0.2) is 0 Å². The van der Waals surface area contributed by atoms with Crippen LogP contribution >= 0.6 is 0 Å². The summed E-state index contributed by atoms with van der Waals surface area (Å²) in [6.45, 7) is 6.33. The molecule has 3 heteroatoms. The van der Waals surface area contributed by atoms with Crippen molar-refractivity contribution < 1.29 is 9.84 Å². The molecule has 1 aromatic carbocycles. The van der Waals surface area contributed by atoms with Crippen molar-refractivity contribution in [3.8, 4) is 0 Å². The van der Waals surface area contributed by atoms with Crippen LogP contribution in [-0.2, 0) is 11.3 Å². The Morgan fingerprint density at radius 1 is 1.32 bits per heavy atom. The third-order valence-electron chi connectivity index (χ3n) is 3.82. The van der Waals surface area contributed by atoms with Gasteiger partial charge in [0.1, 0.15) is 0 Å². The summed E-state index contributed by atoms with van der Waals surface area (Å²) < 4.78 is 5.01. The van der Waals surface area contributed by atoms with Crippen LogP contribution in [0.25, 0.3) is 0 Å². The monoisotopic (exact) mass is 263 g/mol. The SMILES string of the molecule is COCC(O)CN(Cc1ccc(C)c(C)c1)C1CC1. The number of hydrogen-bond donors (Lipinski definition) is 1. The van der Waals surface area contributed by atoms with Gasteiger partial charge in [0, 0.05) is 26.2 Å². The number of benzene rings is 1. The molecule has 0 radical (unpaired) electrons. The molecule has 0 saturated heterocycles. The molecule has 3 nitrogen and oxygen atoms in total. The summed E-state index contributed by atoms with van der Waals surface area (Å²) in [5.41, 5.74) is 4.01. The fraction of sp³-hybridized carbons (Fsp3) is 0.625. The number of aliphatic hydroxyl groups is 1. The standard InChI is InChI=1S/C16H25NO2/c1-12-4-5-14(8-13(12)2)9-17(15-6-7-15)10-16(18)11-19-3/h4-5,8,15-16,18H,6-7,9-11H2,1-3H3. The van der Waals surface area contributed by atoms with Gasteiger partial charge in [-0.05, 0) is 43.4 Å². The molecule has 0 aromatic heterocycles. The highest BCUT2D eigenvalue weighted by Gasteiger charge is 2.30. The van der Waals surface area contributed by atoms with Crippen molar-refractivity contribution in [2.45, 2.75) is 45.4 Å². The van der Waals surface area contributed by atoms with Gasteiger partial charge >= 0.3 is 0 Å². The van der Waals surface area contributed by atoms with Crippen LogP contribution < -0.4 is 0 Å². The molecule has 1 unspecified atom stereocenters. The first kappa shape index (κ1) is 14.5. The molecular weight excluding hydrogens is 238 g/mol. The van der Waals surface area contributed by atoms with Crippen molar-refractivity contribution >= 4 is 0 Å². The van der Waals surface area contributed by atoms with Gasteiger partial charge in [-0.2, -0.15) is 0 Å². The molecule has 1 fully saturated rings. The Bertz CT molecular complexity index is 415. The third kappa shape index (κ3) is 4.30. The predicted octanol–water partition coefficient (Wildman–Crippen LogP) is 2.28. The van der Waals surface area contributed by atoms with E-state index in [9.17, 15) is 5.11 Å². The first-order valence-electron chi connectivity index (χ1n) is 7.07. The van der Waals surface area contributed by atoms with E-state index in [4.69, 9.17) is 4.74 Å². The van der Waals surface area contributed by atoms with Gasteiger partial charge in [-0.1, -0.05) is 18.2 Å². The molecule has 0 heterocycles. The van der Waals surface area contributed by atoms with Crippen LogP contribution in [0.4, 0.5) is 0 Å². The van der Waals surface area contributed by atoms with E-state index >= 15 is 0 Å². The fourth-order valence-electron chi connectivity index (χ4n) is 2.43. The number of hydrogen-bond acceptors (Lipinski definition) is 3. The Hall–Kier alpha value is -0.900. The lowest BCUT2D eigenvalue weighted by molar-refractivity contribution is 0.0337. The van der Waals surface area contributed by atoms with Gasteiger partial charge in [-0.3, -0.25) is 4.90 Å². The number of aliphatic hydroxyl groups excluding tert-OH is 1. The normalized spacial score (nSPS) is 16.9. The molecule has 0 amide bonds. The average Bonchev–Trinajstić information content (AvgIpc) is 3.17. The second kappa shape index (κ2) is 6.51. The van der Waals surface area contributed by atoms with Crippen molar-refractivity contribution in [1.82, 2.24) is 4.90 Å². The van der Waals surface area contributed by atoms with E-state index in [0.29, 0.717) is 19.2 Å². The molecule has 106 valence electrons. The highest BCUT2D eigenvalue weighted by Crippen LogP contribution is 2.28. The highest BCUT2D eigenvalue weighted by molar-refractivity contribution is 5.30. The number of aryl methyl sites for hydroxylation is 2. The zero-order valence-electron chi connectivity index (χ0n) is 12.2. The largest absolute Gasteiger partial charge is 0.389 e. The van der Waals surface area contributed by atoms with Gasteiger partial charge in [0.05, 0.1) is 12.7 Å². The van der Waals surface area contributed by atoms with Crippen molar-refractivity contribution in [1.29, 1.82) is 0 Å². The maximum Gasteiger partial charge on any atom is 0.0900 e. The van der Waals surface area contributed by atoms with Gasteiger partial charge < -0.3 is 9.84 Å². The molecule has 0 spiro atoms. The van der Waals surface area contributed by atoms with Crippen molar-refractivity contribution in [2.75, 3.05) is 20.3 Å². The number of methoxy groups -OCH3 is 1. The lowest BCUT2D eigenvalue weighted by Crippen LogP contribution is -2.35. The molecule has 1 N–H and O–H groups in total. The van der Waals surface area contributed by atoms with Crippen LogP contribution in [-0.4, -0.2) is 42.4 Å². The molecule has 1 aliphatic carbocycles. The van der Waals surface area contributed by atoms with E-state index in [1.54, 1.807) is 7.11 Å². The molecule has 0 bridgehead atoms. The molecule has 1 saturated carbocycles. The summed E-state index contributed by atoms with van der Waals surface area (Å²) in [7, 11) is 1.63. The number of nitrogens with zero attached hydrogens (tertiary/aromatic N) is 1. The summed E-state index contributed by atoms with van der Waals surface area (Å²) in [4.78, 5) is 2.38. The smallest absolute Gasteiger partial charge is 0.0900 e. The Morgan fingerprint density at radius 2 is 2.05 bits per heavy atom. The quantitative estimate of drug-likeness (QED) is 0.819. The second-order valence-electron chi connectivity index (χ2n) is 5.69. The third-order valence-corrected chi connectivity index (χ3v) is 3.82. The maximum atomic E-state index is 9.91. The van der Waals surface area contributed by atoms with Crippen molar-refractivity contribution in [2.24, 2.45) is 0 Å². The highest BCUT2D eigenvalue weighted by atomic mass is 16.5. The minimum Gasteiger partial charge on any atom is -0.389 e. The first-order chi connectivity index (χ1) is 9.10. The van der Waals surface area contributed by atoms with Gasteiger partial charge in [-0.15, -0.1) is 0 Å². The van der Waals surface area contributed by atoms with Gasteiger partial charge in [0.25, 0.3) is 0 Å². The Morgan fingerprint density at radius 3 is 2.63 bits per heavy atom. The van der Waals surface area contributed by atoms with E-state index in [1.807, 2.05) is 0 Å². The lowest BCUT2D eigenvalue weighted by atomic mass is 10.1. The van der Waals surface area contributed by atoms with E-state index in [2.05, 4.69) is 36.9 Å². The van der Waals surface area contributed by atoms with Crippen LogP contribution in [0.3, 0.4) is 0 Å². The van der Waals surface area contributed by atoms with Crippen LogP contribution in [0, 0.1) is 13.8 Å². The topological polar surface area (TPSA) is 32.7 Å². The van der Waals surface area contributed by atoms with E-state index in [1.165, 1.54) is 29.5 Å². The van der Waals surface area contributed by atoms with Crippen LogP contribution in [0.5, 0.6) is 0 Å². The predicted molar refractivity (Wildman–Crippen MR) is 77.2 cm³/mol. The Balaban J connectivity index is 1.97. The van der Waals surface area contributed by atoms with Crippen molar-refractivity contribution in [3.05, 3.63) is 34.9 Å². The summed E-state index contributed by atoms with van der Waals surface area (Å²) in [6.07, 6.45) is 2.12. The van der Waals surface area contributed by atoms with Crippen LogP contribution in [0.15, 0.2) is 18.2 Å². The second-order valence-corrected chi connectivity index (χ2v) is 5.69. The summed E-state index contributed by atoms with van der Waals surface area (Å²) in [5, 5.41) is 9.91. The molecule has 2 rings (SSSR count). The first-order valence-corrected chi connectivity index (χ1v) is 7.07. The molecular formula is C16H25NO2. The Kier molecular flexibility index (Phi) is 4.97. The molecule has 1 aromatic rings. The summed E-state index contributed by atoms with van der Waals surface area (Å²) in [5.74, 6) is 0. The van der Waals surface area contributed by atoms with Gasteiger partial charge in [0.15, 0.2) is 0 Å². The van der Waals surface area contributed by atoms with Crippen LogP contribution in [0.1, 0.15) is 29.5 Å². The number of ether oxygens (including phenoxy) is 1. The molecule has 19 heavy (non-hydrogen) atoms. The zero-order valence-corrected chi connectivity index (χ0v) is 12.2. The Labute approximate surface area is 116 Å². The van der Waals surface area contributed by atoms with Crippen molar-refractivity contribution in [3.63, 3.8) is 0 Å². The number of rotatable bonds is 7. The minimum atomic E-state index is -0.392.